The minimum absolute atomic E-state index is 0.259. The van der Waals surface area contributed by atoms with Crippen molar-refractivity contribution >= 4 is 16.9 Å². The van der Waals surface area contributed by atoms with Crippen LogP contribution in [0.1, 0.15) is 34.7 Å². The van der Waals surface area contributed by atoms with Crippen LogP contribution < -0.4 is 0 Å². The number of carbonyl (C=O) groups excluding carboxylic acids is 1. The van der Waals surface area contributed by atoms with Crippen LogP contribution >= 0.6 is 0 Å². The largest absolute Gasteiger partial charge is 0.465 e. The number of rotatable bonds is 2. The number of nitrogens with zero attached hydrogens (tertiary/aromatic N) is 1. The van der Waals surface area contributed by atoms with Crippen molar-refractivity contribution in [2.45, 2.75) is 18.8 Å². The Hall–Kier alpha value is -1.90. The summed E-state index contributed by atoms with van der Waals surface area (Å²) in [5.74, 6) is 0.228. The van der Waals surface area contributed by atoms with Crippen molar-refractivity contribution < 1.29 is 9.53 Å². The zero-order chi connectivity index (χ0) is 11.8. The topological polar surface area (TPSA) is 39.2 Å². The number of benzene rings is 1. The normalized spacial score (nSPS) is 14.9. The number of para-hydroxylation sites is 1. The molecule has 1 aromatic heterocycles. The fourth-order valence-electron chi connectivity index (χ4n) is 2.19. The average Bonchev–Trinajstić information content (AvgIpc) is 3.20. The summed E-state index contributed by atoms with van der Waals surface area (Å²) in [6.07, 6.45) is 4.11. The van der Waals surface area contributed by atoms with Gasteiger partial charge in [0.2, 0.25) is 0 Å². The van der Waals surface area contributed by atoms with Crippen LogP contribution in [0.15, 0.2) is 30.5 Å². The quantitative estimate of drug-likeness (QED) is 0.740. The van der Waals surface area contributed by atoms with Crippen LogP contribution in [0.5, 0.6) is 0 Å². The molecule has 1 saturated carbocycles. The lowest BCUT2D eigenvalue weighted by atomic mass is 10.0. The molecule has 0 amide bonds. The minimum Gasteiger partial charge on any atom is -0.465 e. The van der Waals surface area contributed by atoms with Gasteiger partial charge in [-0.3, -0.25) is 4.98 Å². The second-order valence-electron chi connectivity index (χ2n) is 4.37. The second kappa shape index (κ2) is 3.84. The number of carbonyl (C=O) groups is 1. The van der Waals surface area contributed by atoms with Crippen LogP contribution in [0, 0.1) is 0 Å². The van der Waals surface area contributed by atoms with Crippen LogP contribution in [0.25, 0.3) is 10.9 Å². The van der Waals surface area contributed by atoms with Gasteiger partial charge in [0.05, 0.1) is 18.2 Å². The molecule has 1 heterocycles. The molecule has 2 aromatic rings. The number of aromatic nitrogens is 1. The molecule has 86 valence electrons. The van der Waals surface area contributed by atoms with Gasteiger partial charge in [-0.25, -0.2) is 4.79 Å². The molecular weight excluding hydrogens is 214 g/mol. The Morgan fingerprint density at radius 1 is 1.35 bits per heavy atom. The number of pyridine rings is 1. The number of methoxy groups -OCH3 is 1. The Balaban J connectivity index is 2.30. The molecule has 0 radical (unpaired) electrons. The van der Waals surface area contributed by atoms with Crippen LogP contribution in [0.3, 0.4) is 0 Å². The number of hydrogen-bond donors (Lipinski definition) is 0. The lowest BCUT2D eigenvalue weighted by Crippen LogP contribution is -2.07. The molecule has 1 aromatic carbocycles. The first-order valence-corrected chi connectivity index (χ1v) is 5.77. The molecule has 0 aliphatic heterocycles. The molecule has 0 atom stereocenters. The SMILES string of the molecule is COC(=O)c1c(C2CC2)cnc2ccccc12. The van der Waals surface area contributed by atoms with Crippen LogP contribution in [-0.4, -0.2) is 18.1 Å². The Morgan fingerprint density at radius 2 is 2.12 bits per heavy atom. The average molecular weight is 227 g/mol. The Labute approximate surface area is 99.4 Å². The third-order valence-electron chi connectivity index (χ3n) is 3.21. The molecule has 0 unspecified atom stereocenters. The maximum atomic E-state index is 11.9. The lowest BCUT2D eigenvalue weighted by Gasteiger charge is -2.09. The van der Waals surface area contributed by atoms with Crippen molar-refractivity contribution in [1.82, 2.24) is 4.98 Å². The summed E-state index contributed by atoms with van der Waals surface area (Å²) in [6, 6.07) is 7.69. The fourth-order valence-corrected chi connectivity index (χ4v) is 2.19. The fraction of sp³-hybridized carbons (Fsp3) is 0.286. The molecule has 1 aliphatic carbocycles. The van der Waals surface area contributed by atoms with Gasteiger partial charge in [-0.2, -0.15) is 0 Å². The van der Waals surface area contributed by atoms with E-state index in [1.54, 1.807) is 0 Å². The number of esters is 1. The molecule has 0 N–H and O–H groups in total. The van der Waals surface area contributed by atoms with Gasteiger partial charge in [0.15, 0.2) is 0 Å². The third-order valence-corrected chi connectivity index (χ3v) is 3.21. The van der Waals surface area contributed by atoms with Crippen molar-refractivity contribution in [2.24, 2.45) is 0 Å². The molecule has 3 nitrogen and oxygen atoms in total. The van der Waals surface area contributed by atoms with Gasteiger partial charge in [0.1, 0.15) is 0 Å². The summed E-state index contributed by atoms with van der Waals surface area (Å²) < 4.78 is 4.90. The Kier molecular flexibility index (Phi) is 2.32. The summed E-state index contributed by atoms with van der Waals surface area (Å²) in [5, 5.41) is 0.892. The first-order valence-electron chi connectivity index (χ1n) is 5.77. The monoisotopic (exact) mass is 227 g/mol. The predicted molar refractivity (Wildman–Crippen MR) is 65.1 cm³/mol. The van der Waals surface area contributed by atoms with Crippen LogP contribution in [-0.2, 0) is 4.74 Å². The van der Waals surface area contributed by atoms with Crippen molar-refractivity contribution in [3.8, 4) is 0 Å². The van der Waals surface area contributed by atoms with Gasteiger partial charge in [-0.1, -0.05) is 18.2 Å². The number of ether oxygens (including phenoxy) is 1. The molecule has 3 heteroatoms. The Morgan fingerprint density at radius 3 is 2.82 bits per heavy atom. The van der Waals surface area contributed by atoms with Crippen LogP contribution in [0.2, 0.25) is 0 Å². The van der Waals surface area contributed by atoms with Crippen LogP contribution in [0.4, 0.5) is 0 Å². The number of hydrogen-bond acceptors (Lipinski definition) is 3. The third kappa shape index (κ3) is 1.68. The number of fused-ring (bicyclic) bond motifs is 1. The van der Waals surface area contributed by atoms with Gasteiger partial charge >= 0.3 is 5.97 Å². The van der Waals surface area contributed by atoms with Gasteiger partial charge in [0, 0.05) is 11.6 Å². The highest BCUT2D eigenvalue weighted by molar-refractivity contribution is 6.04. The van der Waals surface area contributed by atoms with E-state index in [2.05, 4.69) is 4.98 Å². The highest BCUT2D eigenvalue weighted by Gasteiger charge is 2.30. The van der Waals surface area contributed by atoms with E-state index in [9.17, 15) is 4.79 Å². The molecule has 0 bridgehead atoms. The highest BCUT2D eigenvalue weighted by Crippen LogP contribution is 2.42. The van der Waals surface area contributed by atoms with Gasteiger partial charge in [0.25, 0.3) is 0 Å². The molecule has 1 aliphatic rings. The maximum absolute atomic E-state index is 11.9. The zero-order valence-corrected chi connectivity index (χ0v) is 9.64. The molecule has 0 saturated heterocycles. The summed E-state index contributed by atoms with van der Waals surface area (Å²) in [4.78, 5) is 16.3. The second-order valence-corrected chi connectivity index (χ2v) is 4.37. The zero-order valence-electron chi connectivity index (χ0n) is 9.64. The summed E-state index contributed by atoms with van der Waals surface area (Å²) in [5.41, 5.74) is 2.58. The van der Waals surface area contributed by atoms with Crippen molar-refractivity contribution in [1.29, 1.82) is 0 Å². The minimum atomic E-state index is -0.259. The van der Waals surface area contributed by atoms with E-state index in [1.165, 1.54) is 7.11 Å². The molecule has 3 rings (SSSR count). The standard InChI is InChI=1S/C14H13NO2/c1-17-14(16)13-10-4-2-3-5-12(10)15-8-11(13)9-6-7-9/h2-5,8-9H,6-7H2,1H3. The van der Waals surface area contributed by atoms with E-state index in [4.69, 9.17) is 4.74 Å². The van der Waals surface area contributed by atoms with E-state index in [0.717, 1.165) is 29.3 Å². The van der Waals surface area contributed by atoms with Crippen molar-refractivity contribution in [3.05, 3.63) is 41.6 Å². The van der Waals surface area contributed by atoms with E-state index >= 15 is 0 Å². The smallest absolute Gasteiger partial charge is 0.338 e. The van der Waals surface area contributed by atoms with E-state index in [-0.39, 0.29) is 5.97 Å². The van der Waals surface area contributed by atoms with E-state index < -0.39 is 0 Å². The molecule has 1 fully saturated rings. The summed E-state index contributed by atoms with van der Waals surface area (Å²) in [7, 11) is 1.42. The van der Waals surface area contributed by atoms with Gasteiger partial charge in [-0.15, -0.1) is 0 Å². The predicted octanol–water partition coefficient (Wildman–Crippen LogP) is 2.90. The highest BCUT2D eigenvalue weighted by atomic mass is 16.5. The van der Waals surface area contributed by atoms with Gasteiger partial charge in [-0.05, 0) is 30.4 Å². The maximum Gasteiger partial charge on any atom is 0.338 e. The molecular formula is C14H13NO2. The Bertz CT molecular complexity index is 588. The molecule has 0 spiro atoms. The lowest BCUT2D eigenvalue weighted by molar-refractivity contribution is 0.0601. The summed E-state index contributed by atoms with van der Waals surface area (Å²) >= 11 is 0. The van der Waals surface area contributed by atoms with E-state index in [1.807, 2.05) is 30.5 Å². The van der Waals surface area contributed by atoms with Gasteiger partial charge < -0.3 is 4.74 Å². The summed E-state index contributed by atoms with van der Waals surface area (Å²) in [6.45, 7) is 0. The molecule has 17 heavy (non-hydrogen) atoms. The first-order chi connectivity index (χ1) is 8.31. The van der Waals surface area contributed by atoms with E-state index in [0.29, 0.717) is 11.5 Å². The van der Waals surface area contributed by atoms with Crippen molar-refractivity contribution in [2.75, 3.05) is 7.11 Å². The van der Waals surface area contributed by atoms with Crippen molar-refractivity contribution in [3.63, 3.8) is 0 Å². The first kappa shape index (κ1) is 10.3.